The Balaban J connectivity index is 2.56. The topological polar surface area (TPSA) is 40.2 Å². The van der Waals surface area contributed by atoms with Gasteiger partial charge in [-0.1, -0.05) is 65.2 Å². The molecule has 1 rings (SSSR count). The van der Waals surface area contributed by atoms with Gasteiger partial charge in [-0.2, -0.15) is 0 Å². The van der Waals surface area contributed by atoms with E-state index in [0.717, 1.165) is 19.3 Å². The summed E-state index contributed by atoms with van der Waals surface area (Å²) in [5, 5.41) is 0. The molecule has 4 heteroatoms. The fourth-order valence-electron chi connectivity index (χ4n) is 4.28. The van der Waals surface area contributed by atoms with E-state index in [-0.39, 0.29) is 0 Å². The molecule has 3 unspecified atom stereocenters. The molecule has 1 heterocycles. The number of rotatable bonds is 20. The Hall–Kier alpha value is -0.160. The maximum atomic E-state index is 6.12. The van der Waals surface area contributed by atoms with E-state index >= 15 is 0 Å². The number of hydrogen-bond donors (Lipinski definition) is 0. The number of epoxide rings is 1. The molecule has 4 nitrogen and oxygen atoms in total. The van der Waals surface area contributed by atoms with Crippen molar-refractivity contribution in [3.05, 3.63) is 0 Å². The minimum atomic E-state index is -0.871. The van der Waals surface area contributed by atoms with Crippen molar-refractivity contribution in [2.24, 2.45) is 5.92 Å². The number of hydrogen-bond acceptors (Lipinski definition) is 4. The molecule has 0 bridgehead atoms. The van der Waals surface area contributed by atoms with Crippen LogP contribution < -0.4 is 0 Å². The van der Waals surface area contributed by atoms with Crippen LogP contribution in [0.15, 0.2) is 0 Å². The lowest BCUT2D eigenvalue weighted by molar-refractivity contribution is -0.403. The van der Waals surface area contributed by atoms with Crippen LogP contribution in [0.5, 0.6) is 0 Å². The molecule has 0 aromatic carbocycles. The van der Waals surface area contributed by atoms with Crippen LogP contribution in [0.1, 0.15) is 112 Å². The number of ether oxygens (including phenoxy) is 4. The van der Waals surface area contributed by atoms with E-state index in [1.807, 2.05) is 20.8 Å². The lowest BCUT2D eigenvalue weighted by Gasteiger charge is -2.39. The second-order valence-electron chi connectivity index (χ2n) is 8.06. The van der Waals surface area contributed by atoms with Gasteiger partial charge in [-0.05, 0) is 46.5 Å². The Morgan fingerprint density at radius 3 is 1.71 bits per heavy atom. The van der Waals surface area contributed by atoms with Crippen LogP contribution in [0.25, 0.3) is 0 Å². The van der Waals surface area contributed by atoms with Crippen LogP contribution in [0.2, 0.25) is 0 Å². The summed E-state index contributed by atoms with van der Waals surface area (Å²) in [5.74, 6) is -0.579. The Labute approximate surface area is 175 Å². The van der Waals surface area contributed by atoms with Crippen LogP contribution in [-0.2, 0) is 18.9 Å². The average molecular weight is 401 g/mol. The molecule has 1 aliphatic heterocycles. The van der Waals surface area contributed by atoms with Gasteiger partial charge in [0.2, 0.25) is 0 Å². The molecule has 0 amide bonds. The molecule has 3 atom stereocenters. The SMILES string of the molecule is CCCCCCCCC(CCCCC1OC1CC)C(OCC)(OCC)OCC. The molecule has 1 aliphatic rings. The first kappa shape index (κ1) is 25.9. The highest BCUT2D eigenvalue weighted by Gasteiger charge is 2.41. The summed E-state index contributed by atoms with van der Waals surface area (Å²) in [6.07, 6.45) is 15.9. The van der Waals surface area contributed by atoms with E-state index in [1.54, 1.807) is 0 Å². The van der Waals surface area contributed by atoms with Crippen molar-refractivity contribution in [2.75, 3.05) is 19.8 Å². The zero-order valence-electron chi connectivity index (χ0n) is 19.5. The van der Waals surface area contributed by atoms with E-state index in [1.165, 1.54) is 57.8 Å². The molecular weight excluding hydrogens is 352 g/mol. The van der Waals surface area contributed by atoms with E-state index < -0.39 is 5.97 Å². The van der Waals surface area contributed by atoms with Gasteiger partial charge in [0.05, 0.1) is 12.2 Å². The van der Waals surface area contributed by atoms with Crippen LogP contribution in [0.4, 0.5) is 0 Å². The Kier molecular flexibility index (Phi) is 14.5. The predicted molar refractivity (Wildman–Crippen MR) is 117 cm³/mol. The zero-order valence-corrected chi connectivity index (χ0v) is 19.5. The third-order valence-electron chi connectivity index (χ3n) is 5.82. The molecule has 1 fully saturated rings. The largest absolute Gasteiger partial charge is 0.370 e. The third-order valence-corrected chi connectivity index (χ3v) is 5.82. The molecular formula is C24H48O4. The van der Waals surface area contributed by atoms with Crippen molar-refractivity contribution in [1.29, 1.82) is 0 Å². The van der Waals surface area contributed by atoms with E-state index in [0.29, 0.717) is 37.9 Å². The molecule has 0 aromatic heterocycles. The van der Waals surface area contributed by atoms with Gasteiger partial charge >= 0.3 is 0 Å². The van der Waals surface area contributed by atoms with Gasteiger partial charge in [0, 0.05) is 25.7 Å². The summed E-state index contributed by atoms with van der Waals surface area (Å²) in [6.45, 7) is 12.4. The van der Waals surface area contributed by atoms with Gasteiger partial charge in [-0.15, -0.1) is 0 Å². The highest BCUT2D eigenvalue weighted by Crippen LogP contribution is 2.36. The Bertz CT molecular complexity index is 343. The van der Waals surface area contributed by atoms with E-state index in [4.69, 9.17) is 18.9 Å². The first-order chi connectivity index (χ1) is 13.7. The summed E-state index contributed by atoms with van der Waals surface area (Å²) < 4.78 is 24.1. The summed E-state index contributed by atoms with van der Waals surface area (Å²) >= 11 is 0. The monoisotopic (exact) mass is 400 g/mol. The quantitative estimate of drug-likeness (QED) is 0.127. The standard InChI is InChI=1S/C24H48O4/c1-6-11-12-13-14-15-18-21(19-16-17-20-23-22(7-2)28-23)24(25-8-3,26-9-4)27-10-5/h21-23H,6-20H2,1-5H3. The maximum Gasteiger partial charge on any atom is 0.285 e. The Morgan fingerprint density at radius 1 is 0.679 bits per heavy atom. The number of unbranched alkanes of at least 4 members (excludes halogenated alkanes) is 6. The fraction of sp³-hybridized carbons (Fsp3) is 1.00. The lowest BCUT2D eigenvalue weighted by Crippen LogP contribution is -2.46. The first-order valence-corrected chi connectivity index (χ1v) is 12.2. The summed E-state index contributed by atoms with van der Waals surface area (Å²) in [7, 11) is 0. The third kappa shape index (κ3) is 9.56. The van der Waals surface area contributed by atoms with Crippen molar-refractivity contribution >= 4 is 0 Å². The second kappa shape index (κ2) is 15.6. The second-order valence-corrected chi connectivity index (χ2v) is 8.06. The van der Waals surface area contributed by atoms with Crippen molar-refractivity contribution in [3.8, 4) is 0 Å². The van der Waals surface area contributed by atoms with Gasteiger partial charge in [0.1, 0.15) is 0 Å². The zero-order chi connectivity index (χ0) is 20.7. The molecule has 0 spiro atoms. The van der Waals surface area contributed by atoms with Gasteiger partial charge in [-0.25, -0.2) is 0 Å². The van der Waals surface area contributed by atoms with Gasteiger partial charge < -0.3 is 18.9 Å². The molecule has 0 saturated carbocycles. The van der Waals surface area contributed by atoms with Crippen molar-refractivity contribution in [2.45, 2.75) is 130 Å². The minimum absolute atomic E-state index is 0.292. The minimum Gasteiger partial charge on any atom is -0.370 e. The average Bonchev–Trinajstić information content (AvgIpc) is 3.45. The highest BCUT2D eigenvalue weighted by molar-refractivity contribution is 4.83. The van der Waals surface area contributed by atoms with Crippen LogP contribution in [0, 0.1) is 5.92 Å². The molecule has 0 radical (unpaired) electrons. The van der Waals surface area contributed by atoms with Crippen LogP contribution in [-0.4, -0.2) is 38.0 Å². The highest BCUT2D eigenvalue weighted by atomic mass is 16.9. The summed E-state index contributed by atoms with van der Waals surface area (Å²) in [6, 6.07) is 0. The smallest absolute Gasteiger partial charge is 0.285 e. The molecule has 0 aliphatic carbocycles. The maximum absolute atomic E-state index is 6.12. The molecule has 28 heavy (non-hydrogen) atoms. The predicted octanol–water partition coefficient (Wildman–Crippen LogP) is 6.85. The van der Waals surface area contributed by atoms with Gasteiger partial charge in [-0.3, -0.25) is 0 Å². The molecule has 1 saturated heterocycles. The fourth-order valence-corrected chi connectivity index (χ4v) is 4.28. The van der Waals surface area contributed by atoms with E-state index in [9.17, 15) is 0 Å². The molecule has 0 aromatic rings. The normalized spacial score (nSPS) is 20.5. The van der Waals surface area contributed by atoms with Crippen molar-refractivity contribution in [3.63, 3.8) is 0 Å². The van der Waals surface area contributed by atoms with Crippen LogP contribution >= 0.6 is 0 Å². The molecule has 0 N–H and O–H groups in total. The van der Waals surface area contributed by atoms with E-state index in [2.05, 4.69) is 13.8 Å². The Morgan fingerprint density at radius 2 is 1.21 bits per heavy atom. The van der Waals surface area contributed by atoms with Gasteiger partial charge in [0.15, 0.2) is 0 Å². The van der Waals surface area contributed by atoms with Crippen molar-refractivity contribution in [1.82, 2.24) is 0 Å². The first-order valence-electron chi connectivity index (χ1n) is 12.2. The van der Waals surface area contributed by atoms with Crippen LogP contribution in [0.3, 0.4) is 0 Å². The summed E-state index contributed by atoms with van der Waals surface area (Å²) in [4.78, 5) is 0. The summed E-state index contributed by atoms with van der Waals surface area (Å²) in [5.41, 5.74) is 0. The molecule has 168 valence electrons. The van der Waals surface area contributed by atoms with Crippen molar-refractivity contribution < 1.29 is 18.9 Å². The lowest BCUT2D eigenvalue weighted by atomic mass is 9.91. The van der Waals surface area contributed by atoms with Gasteiger partial charge in [0.25, 0.3) is 5.97 Å².